The van der Waals surface area contributed by atoms with Gasteiger partial charge in [0.05, 0.1) is 0 Å². The van der Waals surface area contributed by atoms with Crippen LogP contribution < -0.4 is 4.90 Å². The molecule has 0 saturated heterocycles. The van der Waals surface area contributed by atoms with Crippen LogP contribution in [0, 0.1) is 0 Å². The minimum absolute atomic E-state index is 1.13. The summed E-state index contributed by atoms with van der Waals surface area (Å²) in [7, 11) is 0. The van der Waals surface area contributed by atoms with Crippen LogP contribution in [0.3, 0.4) is 0 Å². The maximum Gasteiger partial charge on any atom is 0.0468 e. The van der Waals surface area contributed by atoms with E-state index in [0.717, 1.165) is 17.1 Å². The third-order valence-electron chi connectivity index (χ3n) is 9.67. The van der Waals surface area contributed by atoms with Crippen LogP contribution >= 0.6 is 22.7 Å². The molecule has 0 fully saturated rings. The molecular weight excluding hydrogens is 631 g/mol. The van der Waals surface area contributed by atoms with Crippen LogP contribution in [-0.4, -0.2) is 0 Å². The van der Waals surface area contributed by atoms with Gasteiger partial charge < -0.3 is 4.90 Å². The largest absolute Gasteiger partial charge is 0.310 e. The van der Waals surface area contributed by atoms with E-state index >= 15 is 0 Å². The molecule has 2 heterocycles. The number of hydrogen-bond donors (Lipinski definition) is 0. The number of nitrogens with zero attached hydrogens (tertiary/aromatic N) is 1. The zero-order valence-corrected chi connectivity index (χ0v) is 28.1. The number of benzene rings is 8. The molecule has 0 aliphatic carbocycles. The van der Waals surface area contributed by atoms with Crippen molar-refractivity contribution in [3.8, 4) is 22.3 Å². The van der Waals surface area contributed by atoms with E-state index in [0.29, 0.717) is 0 Å². The van der Waals surface area contributed by atoms with E-state index in [2.05, 4.69) is 181 Å². The molecule has 0 aliphatic heterocycles. The Morgan fingerprint density at radius 2 is 0.816 bits per heavy atom. The van der Waals surface area contributed by atoms with Gasteiger partial charge in [0, 0.05) is 57.4 Å². The first kappa shape index (κ1) is 28.3. The van der Waals surface area contributed by atoms with Crippen molar-refractivity contribution in [1.29, 1.82) is 0 Å². The van der Waals surface area contributed by atoms with Crippen LogP contribution in [0.1, 0.15) is 0 Å². The fourth-order valence-electron chi connectivity index (χ4n) is 7.26. The summed E-state index contributed by atoms with van der Waals surface area (Å²) in [6, 6.07) is 64.4. The summed E-state index contributed by atoms with van der Waals surface area (Å²) < 4.78 is 5.31. The molecule has 0 atom stereocenters. The fourth-order valence-corrected chi connectivity index (χ4v) is 9.47. The lowest BCUT2D eigenvalue weighted by Gasteiger charge is -2.26. The molecular formula is C46H29NS2. The molecule has 0 spiro atoms. The summed E-state index contributed by atoms with van der Waals surface area (Å²) in [5.41, 5.74) is 8.27. The van der Waals surface area contributed by atoms with Gasteiger partial charge in [0.1, 0.15) is 0 Å². The molecule has 8 aromatic carbocycles. The van der Waals surface area contributed by atoms with Crippen molar-refractivity contribution in [2.45, 2.75) is 0 Å². The molecule has 49 heavy (non-hydrogen) atoms. The minimum Gasteiger partial charge on any atom is -0.310 e. The second-order valence-corrected chi connectivity index (χ2v) is 14.7. The molecule has 3 heteroatoms. The van der Waals surface area contributed by atoms with Crippen molar-refractivity contribution in [1.82, 2.24) is 0 Å². The Balaban J connectivity index is 1.09. The molecule has 10 rings (SSSR count). The number of fused-ring (bicyclic) bond motifs is 8. The number of thiophene rings is 2. The lowest BCUT2D eigenvalue weighted by molar-refractivity contribution is 1.29. The van der Waals surface area contributed by atoms with E-state index in [-0.39, 0.29) is 0 Å². The number of rotatable bonds is 5. The van der Waals surface area contributed by atoms with Crippen LogP contribution in [0.25, 0.3) is 73.4 Å². The van der Waals surface area contributed by atoms with Crippen molar-refractivity contribution in [3.63, 3.8) is 0 Å². The number of hydrogen-bond acceptors (Lipinski definition) is 3. The molecule has 1 nitrogen and oxygen atoms in total. The molecule has 10 aromatic rings. The van der Waals surface area contributed by atoms with E-state index in [9.17, 15) is 0 Å². The van der Waals surface area contributed by atoms with Gasteiger partial charge in [0.25, 0.3) is 0 Å². The van der Waals surface area contributed by atoms with Gasteiger partial charge in [0.2, 0.25) is 0 Å². The Morgan fingerprint density at radius 1 is 0.306 bits per heavy atom. The van der Waals surface area contributed by atoms with Crippen molar-refractivity contribution < 1.29 is 0 Å². The molecule has 0 bridgehead atoms. The predicted octanol–water partition coefficient (Wildman–Crippen LogP) is 14.4. The molecule has 0 saturated carbocycles. The molecule has 230 valence electrons. The number of anilines is 3. The van der Waals surface area contributed by atoms with Crippen molar-refractivity contribution in [3.05, 3.63) is 176 Å². The van der Waals surface area contributed by atoms with Gasteiger partial charge in [0.15, 0.2) is 0 Å². The standard InChI is InChI=1S/C46H29NS2/c1-2-8-30(9-3-1)31-16-21-35(22-17-31)47(37-25-27-44-41(29-37)38-10-4-6-12-42(38)48-44)36-23-18-32(19-24-36)34-15-14-33-20-26-45-46(40(33)28-34)39-11-5-7-13-43(39)49-45/h1-29H. The average Bonchev–Trinajstić information content (AvgIpc) is 3.74. The summed E-state index contributed by atoms with van der Waals surface area (Å²) in [5.74, 6) is 0. The van der Waals surface area contributed by atoms with Gasteiger partial charge in [-0.25, -0.2) is 0 Å². The predicted molar refractivity (Wildman–Crippen MR) is 215 cm³/mol. The minimum atomic E-state index is 1.13. The summed E-state index contributed by atoms with van der Waals surface area (Å²) in [6.45, 7) is 0. The van der Waals surface area contributed by atoms with Crippen LogP contribution in [0.15, 0.2) is 176 Å². The summed E-state index contributed by atoms with van der Waals surface area (Å²) >= 11 is 3.73. The summed E-state index contributed by atoms with van der Waals surface area (Å²) in [6.07, 6.45) is 0. The highest BCUT2D eigenvalue weighted by Gasteiger charge is 2.16. The lowest BCUT2D eigenvalue weighted by atomic mass is 9.98. The Bertz CT molecular complexity index is 2810. The monoisotopic (exact) mass is 659 g/mol. The smallest absolute Gasteiger partial charge is 0.0468 e. The van der Waals surface area contributed by atoms with Gasteiger partial charge in [-0.1, -0.05) is 109 Å². The second kappa shape index (κ2) is 11.5. The SMILES string of the molecule is c1ccc(-c2ccc(N(c3ccc(-c4ccc5ccc6sc7ccccc7c6c5c4)cc3)c3ccc4sc5ccccc5c4c3)cc2)cc1. The molecule has 0 radical (unpaired) electrons. The summed E-state index contributed by atoms with van der Waals surface area (Å²) in [4.78, 5) is 2.38. The van der Waals surface area contributed by atoms with Gasteiger partial charge in [-0.2, -0.15) is 0 Å². The quantitative estimate of drug-likeness (QED) is 0.178. The van der Waals surface area contributed by atoms with Crippen molar-refractivity contribution in [2.24, 2.45) is 0 Å². The lowest BCUT2D eigenvalue weighted by Crippen LogP contribution is -2.09. The topological polar surface area (TPSA) is 3.24 Å². The average molecular weight is 660 g/mol. The van der Waals surface area contributed by atoms with Crippen LogP contribution in [0.5, 0.6) is 0 Å². The van der Waals surface area contributed by atoms with Gasteiger partial charge in [-0.3, -0.25) is 0 Å². The zero-order valence-electron chi connectivity index (χ0n) is 26.5. The molecule has 0 N–H and O–H groups in total. The first-order valence-electron chi connectivity index (χ1n) is 16.6. The third kappa shape index (κ3) is 4.82. The Labute approximate surface area is 292 Å². The maximum absolute atomic E-state index is 2.38. The molecule has 0 unspecified atom stereocenters. The van der Waals surface area contributed by atoms with Crippen molar-refractivity contribution in [2.75, 3.05) is 4.90 Å². The Hall–Kier alpha value is -5.74. The van der Waals surface area contributed by atoms with Crippen molar-refractivity contribution >= 4 is 90.9 Å². The van der Waals surface area contributed by atoms with E-state index in [1.807, 2.05) is 22.7 Å². The maximum atomic E-state index is 2.38. The second-order valence-electron chi connectivity index (χ2n) is 12.5. The van der Waals surface area contributed by atoms with Crippen LogP contribution in [-0.2, 0) is 0 Å². The normalized spacial score (nSPS) is 11.7. The molecule has 0 aliphatic rings. The highest BCUT2D eigenvalue weighted by atomic mass is 32.1. The summed E-state index contributed by atoms with van der Waals surface area (Å²) in [5, 5.41) is 7.89. The highest BCUT2D eigenvalue weighted by Crippen LogP contribution is 2.43. The first-order chi connectivity index (χ1) is 24.3. The molecule has 2 aromatic heterocycles. The van der Waals surface area contributed by atoms with E-state index < -0.39 is 0 Å². The highest BCUT2D eigenvalue weighted by molar-refractivity contribution is 7.26. The van der Waals surface area contributed by atoms with Crippen LogP contribution in [0.4, 0.5) is 17.1 Å². The van der Waals surface area contributed by atoms with Gasteiger partial charge in [-0.15, -0.1) is 22.7 Å². The van der Waals surface area contributed by atoms with E-state index in [1.54, 1.807) is 0 Å². The first-order valence-corrected chi connectivity index (χ1v) is 18.2. The van der Waals surface area contributed by atoms with Crippen LogP contribution in [0.2, 0.25) is 0 Å². The Morgan fingerprint density at radius 3 is 1.57 bits per heavy atom. The van der Waals surface area contributed by atoms with E-state index in [1.165, 1.54) is 73.4 Å². The van der Waals surface area contributed by atoms with Gasteiger partial charge >= 0.3 is 0 Å². The Kier molecular flexibility index (Phi) is 6.61. The zero-order chi connectivity index (χ0) is 32.3. The fraction of sp³-hybridized carbons (Fsp3) is 0. The third-order valence-corrected chi connectivity index (χ3v) is 12.0. The van der Waals surface area contributed by atoms with E-state index in [4.69, 9.17) is 0 Å². The van der Waals surface area contributed by atoms with Gasteiger partial charge in [-0.05, 0) is 99.8 Å². The molecule has 0 amide bonds.